The maximum Gasteiger partial charge on any atom is 0.311 e. The number of hydrogen-bond acceptors (Lipinski definition) is 4. The van der Waals surface area contributed by atoms with Crippen molar-refractivity contribution in [1.29, 1.82) is 0 Å². The van der Waals surface area contributed by atoms with Crippen molar-refractivity contribution >= 4 is 40.4 Å². The fourth-order valence-electron chi connectivity index (χ4n) is 2.84. The van der Waals surface area contributed by atoms with Crippen molar-refractivity contribution in [3.8, 4) is 5.75 Å². The minimum absolute atomic E-state index is 0.233. The lowest BCUT2D eigenvalue weighted by Crippen LogP contribution is -2.30. The molecule has 0 aromatic heterocycles. The molecule has 0 bridgehead atoms. The van der Waals surface area contributed by atoms with Crippen LogP contribution in [0.1, 0.15) is 46.4 Å². The van der Waals surface area contributed by atoms with Gasteiger partial charge in [-0.25, -0.2) is 0 Å². The van der Waals surface area contributed by atoms with E-state index in [4.69, 9.17) is 4.74 Å². The number of ether oxygens (including phenoxy) is 1. The Morgan fingerprint density at radius 2 is 1.50 bits per heavy atom. The lowest BCUT2D eigenvalue weighted by Gasteiger charge is -2.13. The highest BCUT2D eigenvalue weighted by Crippen LogP contribution is 2.23. The fraction of sp³-hybridized carbons (Fsp3) is 0.250. The van der Waals surface area contributed by atoms with Crippen LogP contribution in [0, 0.1) is 3.57 Å². The highest BCUT2D eigenvalue weighted by Gasteiger charge is 2.34. The van der Waals surface area contributed by atoms with Gasteiger partial charge in [0.15, 0.2) is 0 Å². The molecule has 2 aromatic rings. The smallest absolute Gasteiger partial charge is 0.311 e. The summed E-state index contributed by atoms with van der Waals surface area (Å²) >= 11 is 2.19. The Bertz CT molecular complexity index is 797. The molecule has 0 saturated heterocycles. The molecule has 3 rings (SSSR count). The molecule has 134 valence electrons. The summed E-state index contributed by atoms with van der Waals surface area (Å²) in [5.74, 6) is -0.194. The zero-order valence-electron chi connectivity index (χ0n) is 14.1. The third kappa shape index (κ3) is 4.30. The molecule has 0 fully saturated rings. The molecule has 0 radical (unpaired) electrons. The molecule has 6 heteroatoms. The first kappa shape index (κ1) is 18.6. The molecule has 0 N–H and O–H groups in total. The molecule has 0 aliphatic carbocycles. The molecule has 26 heavy (non-hydrogen) atoms. The molecule has 0 unspecified atom stereocenters. The Morgan fingerprint density at radius 3 is 2.12 bits per heavy atom. The second-order valence-corrected chi connectivity index (χ2v) is 7.29. The molecule has 0 saturated carbocycles. The summed E-state index contributed by atoms with van der Waals surface area (Å²) in [4.78, 5) is 37.6. The van der Waals surface area contributed by atoms with Crippen molar-refractivity contribution < 1.29 is 19.1 Å². The Balaban J connectivity index is 1.38. The number of halogens is 1. The summed E-state index contributed by atoms with van der Waals surface area (Å²) < 4.78 is 6.34. The summed E-state index contributed by atoms with van der Waals surface area (Å²) in [5, 5.41) is 0. The number of fused-ring (bicyclic) bond motifs is 1. The molecule has 0 atom stereocenters. The van der Waals surface area contributed by atoms with Gasteiger partial charge in [-0.2, -0.15) is 0 Å². The van der Waals surface area contributed by atoms with Gasteiger partial charge in [0, 0.05) is 16.5 Å². The molecular weight excluding hydrogens is 445 g/mol. The minimum atomic E-state index is -0.271. The average Bonchev–Trinajstić information content (AvgIpc) is 2.88. The molecule has 0 spiro atoms. The maximum absolute atomic E-state index is 12.2. The highest BCUT2D eigenvalue weighted by atomic mass is 127. The van der Waals surface area contributed by atoms with Gasteiger partial charge in [-0.15, -0.1) is 0 Å². The van der Waals surface area contributed by atoms with Gasteiger partial charge in [-0.3, -0.25) is 19.3 Å². The van der Waals surface area contributed by atoms with Crippen molar-refractivity contribution in [3.63, 3.8) is 0 Å². The zero-order chi connectivity index (χ0) is 18.5. The summed E-state index contributed by atoms with van der Waals surface area (Å²) in [6.45, 7) is 0.374. The number of unbranched alkanes of at least 4 members (excludes halogenated alkanes) is 2. The van der Waals surface area contributed by atoms with E-state index >= 15 is 0 Å². The Labute approximate surface area is 165 Å². The van der Waals surface area contributed by atoms with E-state index in [1.165, 1.54) is 4.90 Å². The molecule has 1 aliphatic heterocycles. The van der Waals surface area contributed by atoms with Gasteiger partial charge in [-0.05, 0) is 71.8 Å². The van der Waals surface area contributed by atoms with Gasteiger partial charge >= 0.3 is 5.97 Å². The first-order chi connectivity index (χ1) is 12.6. The number of imide groups is 1. The number of benzene rings is 2. The second-order valence-electron chi connectivity index (χ2n) is 6.05. The average molecular weight is 463 g/mol. The van der Waals surface area contributed by atoms with Gasteiger partial charge in [0.1, 0.15) is 5.75 Å². The first-order valence-corrected chi connectivity index (χ1v) is 9.55. The largest absolute Gasteiger partial charge is 0.427 e. The molecule has 1 heterocycles. The predicted octanol–water partition coefficient (Wildman–Crippen LogP) is 4.05. The predicted molar refractivity (Wildman–Crippen MR) is 105 cm³/mol. The van der Waals surface area contributed by atoms with E-state index < -0.39 is 0 Å². The van der Waals surface area contributed by atoms with E-state index in [0.717, 1.165) is 9.99 Å². The van der Waals surface area contributed by atoms with Gasteiger partial charge in [-0.1, -0.05) is 18.6 Å². The molecule has 2 aromatic carbocycles. The number of hydrogen-bond donors (Lipinski definition) is 0. The zero-order valence-corrected chi connectivity index (χ0v) is 16.3. The van der Waals surface area contributed by atoms with Crippen LogP contribution < -0.4 is 4.74 Å². The van der Waals surface area contributed by atoms with Crippen LogP contribution in [-0.2, 0) is 4.79 Å². The lowest BCUT2D eigenvalue weighted by atomic mass is 10.1. The van der Waals surface area contributed by atoms with Crippen LogP contribution in [0.2, 0.25) is 0 Å². The number of nitrogens with zero attached hydrogens (tertiary/aromatic N) is 1. The van der Waals surface area contributed by atoms with Crippen LogP contribution in [0.4, 0.5) is 0 Å². The topological polar surface area (TPSA) is 63.7 Å². The van der Waals surface area contributed by atoms with Gasteiger partial charge < -0.3 is 4.74 Å². The fourth-order valence-corrected chi connectivity index (χ4v) is 3.20. The SMILES string of the molecule is O=C(CCCCCN1C(=O)c2ccccc2C1=O)Oc1ccc(I)cc1. The van der Waals surface area contributed by atoms with Crippen LogP contribution in [0.15, 0.2) is 48.5 Å². The highest BCUT2D eigenvalue weighted by molar-refractivity contribution is 14.1. The summed E-state index contributed by atoms with van der Waals surface area (Å²) in [7, 11) is 0. The number of carbonyl (C=O) groups excluding carboxylic acids is 3. The molecule has 2 amide bonds. The number of carbonyl (C=O) groups is 3. The van der Waals surface area contributed by atoms with Crippen molar-refractivity contribution in [2.75, 3.05) is 6.54 Å². The monoisotopic (exact) mass is 463 g/mol. The Morgan fingerprint density at radius 1 is 0.885 bits per heavy atom. The van der Waals surface area contributed by atoms with E-state index in [9.17, 15) is 14.4 Å². The van der Waals surface area contributed by atoms with Crippen molar-refractivity contribution in [1.82, 2.24) is 4.90 Å². The number of amides is 2. The van der Waals surface area contributed by atoms with Crippen LogP contribution in [-0.4, -0.2) is 29.2 Å². The van der Waals surface area contributed by atoms with Crippen molar-refractivity contribution in [2.45, 2.75) is 25.7 Å². The molecule has 5 nitrogen and oxygen atoms in total. The Hall–Kier alpha value is -2.22. The third-order valence-corrected chi connectivity index (χ3v) is 4.91. The van der Waals surface area contributed by atoms with Crippen LogP contribution in [0.5, 0.6) is 5.75 Å². The summed E-state index contributed by atoms with van der Waals surface area (Å²) in [6.07, 6.45) is 2.39. The van der Waals surface area contributed by atoms with Crippen molar-refractivity contribution in [2.24, 2.45) is 0 Å². The summed E-state index contributed by atoms with van der Waals surface area (Å²) in [5.41, 5.74) is 0.942. The molecular formula is C20H18INO4. The van der Waals surface area contributed by atoms with E-state index in [0.29, 0.717) is 42.7 Å². The Kier molecular flexibility index (Phi) is 6.03. The van der Waals surface area contributed by atoms with Gasteiger partial charge in [0.2, 0.25) is 0 Å². The normalized spacial score (nSPS) is 13.0. The number of rotatable bonds is 7. The lowest BCUT2D eigenvalue weighted by molar-refractivity contribution is -0.134. The molecule has 1 aliphatic rings. The standard InChI is InChI=1S/C20H18INO4/c21-14-9-11-15(12-10-14)26-18(23)8-2-1-5-13-22-19(24)16-6-3-4-7-17(16)20(22)25/h3-4,6-7,9-12H,1-2,5,8,13H2. The van der Waals surface area contributed by atoms with Crippen LogP contribution in [0.25, 0.3) is 0 Å². The van der Waals surface area contributed by atoms with E-state index in [1.807, 2.05) is 12.1 Å². The minimum Gasteiger partial charge on any atom is -0.427 e. The third-order valence-electron chi connectivity index (χ3n) is 4.19. The van der Waals surface area contributed by atoms with E-state index in [1.54, 1.807) is 36.4 Å². The van der Waals surface area contributed by atoms with Crippen LogP contribution in [0.3, 0.4) is 0 Å². The number of esters is 1. The van der Waals surface area contributed by atoms with E-state index in [-0.39, 0.29) is 17.8 Å². The van der Waals surface area contributed by atoms with Gasteiger partial charge in [0.25, 0.3) is 11.8 Å². The second kappa shape index (κ2) is 8.44. The van der Waals surface area contributed by atoms with Gasteiger partial charge in [0.05, 0.1) is 11.1 Å². The van der Waals surface area contributed by atoms with Crippen molar-refractivity contribution in [3.05, 3.63) is 63.2 Å². The maximum atomic E-state index is 12.2. The van der Waals surface area contributed by atoms with E-state index in [2.05, 4.69) is 22.6 Å². The van der Waals surface area contributed by atoms with Crippen LogP contribution >= 0.6 is 22.6 Å². The quantitative estimate of drug-likeness (QED) is 0.204. The summed E-state index contributed by atoms with van der Waals surface area (Å²) in [6, 6.07) is 14.2. The first-order valence-electron chi connectivity index (χ1n) is 8.48.